The van der Waals surface area contributed by atoms with Crippen LogP contribution in [0.1, 0.15) is 66.6 Å². The lowest BCUT2D eigenvalue weighted by Gasteiger charge is -2.25. The first-order chi connectivity index (χ1) is 22.7. The Morgan fingerprint density at radius 1 is 0.717 bits per heavy atom. The lowest BCUT2D eigenvalue weighted by atomic mass is 9.86. The first-order valence-electron chi connectivity index (χ1n) is 16.2. The van der Waals surface area contributed by atoms with Gasteiger partial charge in [-0.3, -0.25) is 4.57 Å². The summed E-state index contributed by atoms with van der Waals surface area (Å²) in [5, 5.41) is 0. The van der Waals surface area contributed by atoms with E-state index in [0.717, 1.165) is 42.4 Å². The summed E-state index contributed by atoms with van der Waals surface area (Å²) in [6, 6.07) is 30.1. The molecule has 7 rings (SSSR count). The van der Waals surface area contributed by atoms with E-state index in [1.54, 1.807) is 10.9 Å². The van der Waals surface area contributed by atoms with E-state index in [1.807, 2.05) is 91.0 Å². The molecule has 2 aliphatic rings. The maximum Gasteiger partial charge on any atom is 0.310 e. The van der Waals surface area contributed by atoms with Crippen molar-refractivity contribution in [3.05, 3.63) is 126 Å². The van der Waals surface area contributed by atoms with Crippen molar-refractivity contribution >= 4 is 11.2 Å². The summed E-state index contributed by atoms with van der Waals surface area (Å²) in [5.41, 5.74) is 4.83. The van der Waals surface area contributed by atoms with E-state index in [4.69, 9.17) is 23.9 Å². The topological polar surface area (TPSA) is 80.5 Å². The number of hydrogen-bond acceptors (Lipinski definition) is 7. The smallest absolute Gasteiger partial charge is 0.310 e. The van der Waals surface area contributed by atoms with Crippen LogP contribution in [-0.2, 0) is 38.8 Å². The molecule has 1 unspecified atom stereocenters. The van der Waals surface area contributed by atoms with Gasteiger partial charge in [0.15, 0.2) is 11.9 Å². The lowest BCUT2D eigenvalue weighted by molar-refractivity contribution is -0.0913. The predicted octanol–water partition coefficient (Wildman–Crippen LogP) is 7.30. The van der Waals surface area contributed by atoms with Crippen molar-refractivity contribution in [2.75, 3.05) is 6.61 Å². The molecule has 3 heterocycles. The van der Waals surface area contributed by atoms with E-state index in [2.05, 4.69) is 9.97 Å². The molecule has 5 aromatic rings. The van der Waals surface area contributed by atoms with Gasteiger partial charge in [-0.15, -0.1) is 0 Å². The third-order valence-electron chi connectivity index (χ3n) is 8.94. The molecular weight excluding hydrogens is 583 g/mol. The van der Waals surface area contributed by atoms with Gasteiger partial charge in [0, 0.05) is 5.92 Å². The lowest BCUT2D eigenvalue weighted by Crippen LogP contribution is -2.38. The summed E-state index contributed by atoms with van der Waals surface area (Å²) in [5.74, 6) is 0.160. The van der Waals surface area contributed by atoms with Gasteiger partial charge in [0.05, 0.1) is 38.4 Å². The van der Waals surface area contributed by atoms with Crippen LogP contribution in [0.25, 0.3) is 11.2 Å². The summed E-state index contributed by atoms with van der Waals surface area (Å²) >= 11 is 0. The molecule has 1 aliphatic heterocycles. The van der Waals surface area contributed by atoms with Crippen molar-refractivity contribution in [2.24, 2.45) is 0 Å². The van der Waals surface area contributed by atoms with Crippen molar-refractivity contribution in [1.29, 1.82) is 0 Å². The zero-order chi connectivity index (χ0) is 31.1. The van der Waals surface area contributed by atoms with Crippen LogP contribution in [0.2, 0.25) is 0 Å². The number of nitrogens with zero attached hydrogens (tertiary/aromatic N) is 4. The van der Waals surface area contributed by atoms with Crippen LogP contribution < -0.4 is 0 Å². The van der Waals surface area contributed by atoms with Gasteiger partial charge in [-0.1, -0.05) is 110 Å². The van der Waals surface area contributed by atoms with Gasteiger partial charge in [-0.05, 0) is 29.5 Å². The van der Waals surface area contributed by atoms with E-state index >= 15 is 4.39 Å². The van der Waals surface area contributed by atoms with Gasteiger partial charge in [-0.25, -0.2) is 9.97 Å². The number of benzene rings is 3. The van der Waals surface area contributed by atoms with Gasteiger partial charge in [0.1, 0.15) is 23.8 Å². The average molecular weight is 623 g/mol. The molecule has 3 aromatic carbocycles. The summed E-state index contributed by atoms with van der Waals surface area (Å²) < 4.78 is 43.1. The highest BCUT2D eigenvalue weighted by atomic mass is 19.1. The maximum atomic E-state index is 15.1. The molecule has 0 N–H and O–H groups in total. The number of aromatic nitrogens is 4. The number of fused-ring (bicyclic) bond motifs is 1. The Balaban J connectivity index is 1.22. The number of imidazole rings is 1. The zero-order valence-corrected chi connectivity index (χ0v) is 25.8. The molecule has 238 valence electrons. The second-order valence-electron chi connectivity index (χ2n) is 12.1. The highest BCUT2D eigenvalue weighted by molar-refractivity contribution is 5.74. The Morgan fingerprint density at radius 3 is 1.93 bits per heavy atom. The first kappa shape index (κ1) is 30.6. The van der Waals surface area contributed by atoms with Gasteiger partial charge in [-0.2, -0.15) is 9.37 Å². The second-order valence-corrected chi connectivity index (χ2v) is 12.1. The van der Waals surface area contributed by atoms with Crippen molar-refractivity contribution in [3.8, 4) is 0 Å². The van der Waals surface area contributed by atoms with Gasteiger partial charge in [0.25, 0.3) is 0 Å². The van der Waals surface area contributed by atoms with Crippen LogP contribution in [0.15, 0.2) is 97.3 Å². The molecule has 0 radical (unpaired) electrons. The molecule has 0 amide bonds. The third kappa shape index (κ3) is 7.03. The number of hydrogen-bond donors (Lipinski definition) is 0. The summed E-state index contributed by atoms with van der Waals surface area (Å²) in [7, 11) is 0. The number of rotatable bonds is 12. The van der Waals surface area contributed by atoms with Gasteiger partial charge < -0.3 is 18.9 Å². The van der Waals surface area contributed by atoms with Crippen molar-refractivity contribution in [1.82, 2.24) is 19.5 Å². The highest BCUT2D eigenvalue weighted by Gasteiger charge is 2.48. The molecule has 9 heteroatoms. The van der Waals surface area contributed by atoms with E-state index < -0.39 is 30.6 Å². The van der Waals surface area contributed by atoms with Crippen LogP contribution >= 0.6 is 0 Å². The predicted molar refractivity (Wildman–Crippen MR) is 171 cm³/mol. The van der Waals surface area contributed by atoms with Crippen LogP contribution in [0.5, 0.6) is 0 Å². The Morgan fingerprint density at radius 2 is 1.30 bits per heavy atom. The minimum Gasteiger partial charge on any atom is -0.374 e. The minimum atomic E-state index is -0.755. The molecule has 0 spiro atoms. The molecule has 2 aromatic heterocycles. The van der Waals surface area contributed by atoms with E-state index in [-0.39, 0.29) is 12.5 Å². The fraction of sp³-hybridized carbons (Fsp3) is 0.378. The third-order valence-corrected chi connectivity index (χ3v) is 8.94. The van der Waals surface area contributed by atoms with Gasteiger partial charge in [0.2, 0.25) is 0 Å². The Labute approximate surface area is 268 Å². The summed E-state index contributed by atoms with van der Waals surface area (Å²) in [6.45, 7) is 1.43. The van der Waals surface area contributed by atoms with E-state index in [9.17, 15) is 0 Å². The molecule has 1 saturated carbocycles. The molecular formula is C37H39FN4O4. The normalized spacial score (nSPS) is 22.0. The molecule has 46 heavy (non-hydrogen) atoms. The largest absolute Gasteiger partial charge is 0.374 e. The van der Waals surface area contributed by atoms with Crippen molar-refractivity contribution in [2.45, 2.75) is 82.4 Å². The fourth-order valence-corrected chi connectivity index (χ4v) is 6.60. The quantitative estimate of drug-likeness (QED) is 0.135. The summed E-state index contributed by atoms with van der Waals surface area (Å²) in [6.07, 6.45) is 4.04. The standard InChI is InChI=1S/C37H39FN4O4/c38-37-40-31(29-19-11-4-12-20-29)32-35(41-37)42(25-39-32)36-34(45-23-28-17-9-3-10-18-28)33(44-22-27-15-7-2-8-16-27)30(46-36)24-43-21-26-13-5-1-6-14-26/h1-3,5-10,13-18,25,29-30,33-34,36H,4,11-12,19-24H2/t30-,33-,34-,36?/m0/s1. The molecule has 0 bridgehead atoms. The van der Waals surface area contributed by atoms with Crippen molar-refractivity contribution < 1.29 is 23.3 Å². The fourth-order valence-electron chi connectivity index (χ4n) is 6.60. The van der Waals surface area contributed by atoms with Crippen molar-refractivity contribution in [3.63, 3.8) is 0 Å². The minimum absolute atomic E-state index is 0.160. The highest BCUT2D eigenvalue weighted by Crippen LogP contribution is 2.39. The van der Waals surface area contributed by atoms with Crippen LogP contribution in [0.4, 0.5) is 4.39 Å². The Kier molecular flexibility index (Phi) is 9.72. The number of ether oxygens (including phenoxy) is 4. The van der Waals surface area contributed by atoms with Crippen LogP contribution in [0.3, 0.4) is 0 Å². The zero-order valence-electron chi connectivity index (χ0n) is 25.8. The Bertz CT molecular complexity index is 1680. The molecule has 1 aliphatic carbocycles. The summed E-state index contributed by atoms with van der Waals surface area (Å²) in [4.78, 5) is 13.2. The SMILES string of the molecule is Fc1nc(C2CCCCC2)c2ncn(C3O[C@@H](COCc4ccccc4)[C@H](OCc4ccccc4)[C@@H]3OCc3ccccc3)c2n1. The number of halogens is 1. The molecule has 1 saturated heterocycles. The first-order valence-corrected chi connectivity index (χ1v) is 16.2. The van der Waals surface area contributed by atoms with Gasteiger partial charge >= 0.3 is 6.08 Å². The van der Waals surface area contributed by atoms with Crippen LogP contribution in [-0.4, -0.2) is 44.4 Å². The second kappa shape index (κ2) is 14.6. The monoisotopic (exact) mass is 622 g/mol. The molecule has 4 atom stereocenters. The van der Waals surface area contributed by atoms with E-state index in [0.29, 0.717) is 36.7 Å². The van der Waals surface area contributed by atoms with E-state index in [1.165, 1.54) is 6.42 Å². The molecule has 8 nitrogen and oxygen atoms in total. The Hall–Kier alpha value is -4.02. The van der Waals surface area contributed by atoms with Crippen LogP contribution in [0, 0.1) is 6.08 Å². The molecule has 2 fully saturated rings. The maximum absolute atomic E-state index is 15.1. The average Bonchev–Trinajstić information content (AvgIpc) is 3.68.